The van der Waals surface area contributed by atoms with Crippen molar-refractivity contribution < 1.29 is 19.1 Å². The molecule has 0 aromatic carbocycles. The standard InChI is InChI=1S/C13H14N4O4/c18-11-6-20-8-1-2-10(15-12(8)16-11)17-5-7-3-14-4-9(7)21-13(17)19/h1-2,7,9,14H,3-6H2,(H,15,16,18)/t7-,9-/m0/s1. The van der Waals surface area contributed by atoms with Gasteiger partial charge in [0.05, 0.1) is 0 Å². The first-order valence-electron chi connectivity index (χ1n) is 6.83. The van der Waals surface area contributed by atoms with Crippen LogP contribution in [0.25, 0.3) is 0 Å². The smallest absolute Gasteiger partial charge is 0.415 e. The number of pyridine rings is 1. The van der Waals surface area contributed by atoms with E-state index in [4.69, 9.17) is 9.47 Å². The van der Waals surface area contributed by atoms with Gasteiger partial charge >= 0.3 is 6.09 Å². The summed E-state index contributed by atoms with van der Waals surface area (Å²) in [5.74, 6) is 1.29. The van der Waals surface area contributed by atoms with Crippen molar-refractivity contribution in [3.63, 3.8) is 0 Å². The second-order valence-corrected chi connectivity index (χ2v) is 5.30. The van der Waals surface area contributed by atoms with Crippen LogP contribution >= 0.6 is 0 Å². The topological polar surface area (TPSA) is 92.8 Å². The summed E-state index contributed by atoms with van der Waals surface area (Å²) < 4.78 is 10.7. The zero-order valence-corrected chi connectivity index (χ0v) is 11.2. The maximum absolute atomic E-state index is 12.1. The van der Waals surface area contributed by atoms with Crippen LogP contribution in [-0.4, -0.2) is 49.3 Å². The molecule has 1 aromatic rings. The molecule has 0 unspecified atom stereocenters. The minimum Gasteiger partial charge on any atom is -0.480 e. The SMILES string of the molecule is O=C1COc2ccc(N3C[C@@H]4CNC[C@@H]4OC3=O)nc2N1. The molecule has 3 aliphatic rings. The summed E-state index contributed by atoms with van der Waals surface area (Å²) in [6, 6.07) is 3.39. The number of aromatic nitrogens is 1. The van der Waals surface area contributed by atoms with Gasteiger partial charge in [-0.1, -0.05) is 0 Å². The van der Waals surface area contributed by atoms with Crippen molar-refractivity contribution in [2.45, 2.75) is 6.10 Å². The maximum Gasteiger partial charge on any atom is 0.415 e. The number of carbonyl (C=O) groups is 2. The van der Waals surface area contributed by atoms with Crippen molar-refractivity contribution in [1.29, 1.82) is 0 Å². The molecule has 2 atom stereocenters. The molecule has 0 radical (unpaired) electrons. The van der Waals surface area contributed by atoms with Gasteiger partial charge in [-0.15, -0.1) is 0 Å². The van der Waals surface area contributed by atoms with Gasteiger partial charge in [-0.2, -0.15) is 0 Å². The predicted octanol–water partition coefficient (Wildman–Crippen LogP) is -0.0429. The Balaban J connectivity index is 1.62. The van der Waals surface area contributed by atoms with Crippen LogP contribution in [0.5, 0.6) is 5.75 Å². The maximum atomic E-state index is 12.1. The molecule has 2 saturated heterocycles. The molecule has 2 N–H and O–H groups in total. The molecule has 0 aliphatic carbocycles. The molecule has 3 aliphatic heterocycles. The minimum atomic E-state index is -0.407. The lowest BCUT2D eigenvalue weighted by atomic mass is 10.0. The summed E-state index contributed by atoms with van der Waals surface area (Å²) >= 11 is 0. The predicted molar refractivity (Wildman–Crippen MR) is 72.3 cm³/mol. The lowest BCUT2D eigenvalue weighted by Gasteiger charge is -2.33. The lowest BCUT2D eigenvalue weighted by Crippen LogP contribution is -2.48. The third-order valence-corrected chi connectivity index (χ3v) is 3.90. The normalized spacial score (nSPS) is 27.3. The van der Waals surface area contributed by atoms with Crippen LogP contribution in [0.15, 0.2) is 12.1 Å². The van der Waals surface area contributed by atoms with Crippen LogP contribution in [-0.2, 0) is 9.53 Å². The minimum absolute atomic E-state index is 0.0186. The van der Waals surface area contributed by atoms with Crippen molar-refractivity contribution in [3.05, 3.63) is 12.1 Å². The van der Waals surface area contributed by atoms with E-state index in [1.54, 1.807) is 12.1 Å². The molecule has 0 saturated carbocycles. The van der Waals surface area contributed by atoms with Gasteiger partial charge in [0.2, 0.25) is 0 Å². The molecule has 21 heavy (non-hydrogen) atoms. The lowest BCUT2D eigenvalue weighted by molar-refractivity contribution is -0.118. The summed E-state index contributed by atoms with van der Waals surface area (Å²) in [5, 5.41) is 5.85. The first kappa shape index (κ1) is 12.4. The third kappa shape index (κ3) is 2.07. The third-order valence-electron chi connectivity index (χ3n) is 3.90. The van der Waals surface area contributed by atoms with Crippen molar-refractivity contribution in [2.75, 3.05) is 36.5 Å². The number of fused-ring (bicyclic) bond motifs is 2. The second-order valence-electron chi connectivity index (χ2n) is 5.30. The highest BCUT2D eigenvalue weighted by Crippen LogP contribution is 2.31. The molecule has 110 valence electrons. The average molecular weight is 290 g/mol. The number of hydrogen-bond acceptors (Lipinski definition) is 6. The fraction of sp³-hybridized carbons (Fsp3) is 0.462. The van der Waals surface area contributed by atoms with E-state index in [0.29, 0.717) is 30.5 Å². The zero-order valence-electron chi connectivity index (χ0n) is 11.2. The van der Waals surface area contributed by atoms with Crippen molar-refractivity contribution in [1.82, 2.24) is 10.3 Å². The Labute approximate surface area is 120 Å². The Hall–Kier alpha value is -2.35. The number of carbonyl (C=O) groups excluding carboxylic acids is 2. The van der Waals surface area contributed by atoms with Gasteiger partial charge in [-0.25, -0.2) is 9.78 Å². The molecule has 4 rings (SSSR count). The van der Waals surface area contributed by atoms with Crippen LogP contribution in [0.4, 0.5) is 16.4 Å². The highest BCUT2D eigenvalue weighted by Gasteiger charge is 2.39. The van der Waals surface area contributed by atoms with Crippen LogP contribution in [0.1, 0.15) is 0 Å². The first-order valence-corrected chi connectivity index (χ1v) is 6.83. The van der Waals surface area contributed by atoms with Crippen molar-refractivity contribution in [3.8, 4) is 5.75 Å². The summed E-state index contributed by atoms with van der Waals surface area (Å²) in [7, 11) is 0. The first-order chi connectivity index (χ1) is 10.2. The van der Waals surface area contributed by atoms with Crippen molar-refractivity contribution >= 4 is 23.6 Å². The largest absolute Gasteiger partial charge is 0.480 e. The molecular formula is C13H14N4O4. The number of rotatable bonds is 1. The van der Waals surface area contributed by atoms with Gasteiger partial charge in [0.1, 0.15) is 11.9 Å². The van der Waals surface area contributed by atoms with E-state index in [-0.39, 0.29) is 24.5 Å². The van der Waals surface area contributed by atoms with Crippen LogP contribution in [0, 0.1) is 5.92 Å². The highest BCUT2D eigenvalue weighted by molar-refractivity contribution is 5.95. The Morgan fingerprint density at radius 3 is 3.10 bits per heavy atom. The van der Waals surface area contributed by atoms with Crippen molar-refractivity contribution in [2.24, 2.45) is 5.92 Å². The zero-order chi connectivity index (χ0) is 14.4. The number of nitrogens with one attached hydrogen (secondary N) is 2. The quantitative estimate of drug-likeness (QED) is 0.754. The van der Waals surface area contributed by atoms with Gasteiger partial charge in [-0.05, 0) is 12.1 Å². The molecule has 0 spiro atoms. The Morgan fingerprint density at radius 1 is 1.29 bits per heavy atom. The van der Waals surface area contributed by atoms with Gasteiger partial charge in [0.15, 0.2) is 18.2 Å². The van der Waals surface area contributed by atoms with E-state index in [9.17, 15) is 9.59 Å². The second kappa shape index (κ2) is 4.59. The fourth-order valence-corrected chi connectivity index (χ4v) is 2.82. The van der Waals surface area contributed by atoms with E-state index in [1.807, 2.05) is 0 Å². The Kier molecular flexibility index (Phi) is 2.71. The summed E-state index contributed by atoms with van der Waals surface area (Å²) in [6.45, 7) is 2.05. The van der Waals surface area contributed by atoms with E-state index >= 15 is 0 Å². The van der Waals surface area contributed by atoms with Crippen LogP contribution in [0.3, 0.4) is 0 Å². The van der Waals surface area contributed by atoms with E-state index in [2.05, 4.69) is 15.6 Å². The molecule has 8 heteroatoms. The average Bonchev–Trinajstić information content (AvgIpc) is 2.92. The van der Waals surface area contributed by atoms with Gasteiger partial charge in [0.25, 0.3) is 5.91 Å². The Morgan fingerprint density at radius 2 is 2.19 bits per heavy atom. The van der Waals surface area contributed by atoms with E-state index in [1.165, 1.54) is 4.90 Å². The van der Waals surface area contributed by atoms with E-state index < -0.39 is 6.09 Å². The fourth-order valence-electron chi connectivity index (χ4n) is 2.82. The molecule has 4 heterocycles. The van der Waals surface area contributed by atoms with Gasteiger partial charge < -0.3 is 20.1 Å². The molecule has 1 aromatic heterocycles. The number of amides is 2. The number of ether oxygens (including phenoxy) is 2. The van der Waals surface area contributed by atoms with Gasteiger partial charge in [-0.3, -0.25) is 9.69 Å². The molecular weight excluding hydrogens is 276 g/mol. The number of nitrogens with zero attached hydrogens (tertiary/aromatic N) is 2. The molecule has 2 fully saturated rings. The van der Waals surface area contributed by atoms with Gasteiger partial charge in [0, 0.05) is 25.6 Å². The molecule has 8 nitrogen and oxygen atoms in total. The van der Waals surface area contributed by atoms with Crippen LogP contribution < -0.4 is 20.3 Å². The van der Waals surface area contributed by atoms with E-state index in [0.717, 1.165) is 6.54 Å². The molecule has 0 bridgehead atoms. The Bertz CT molecular complexity index is 620. The van der Waals surface area contributed by atoms with Crippen LogP contribution in [0.2, 0.25) is 0 Å². The molecule has 2 amide bonds. The summed E-state index contributed by atoms with van der Waals surface area (Å²) in [4.78, 5) is 29.2. The monoisotopic (exact) mass is 290 g/mol. The summed E-state index contributed by atoms with van der Waals surface area (Å²) in [6.07, 6.45) is -0.468. The number of hydrogen-bond donors (Lipinski definition) is 2. The number of anilines is 2. The summed E-state index contributed by atoms with van der Waals surface area (Å²) in [5.41, 5.74) is 0. The highest BCUT2D eigenvalue weighted by atomic mass is 16.6.